The van der Waals surface area contributed by atoms with Crippen LogP contribution in [-0.4, -0.2) is 38.4 Å². The van der Waals surface area contributed by atoms with Crippen molar-refractivity contribution in [1.29, 1.82) is 0 Å². The first kappa shape index (κ1) is 17.4. The highest BCUT2D eigenvalue weighted by atomic mass is 32.2. The summed E-state index contributed by atoms with van der Waals surface area (Å²) in [7, 11) is 0. The molecule has 1 fully saturated rings. The number of halogens is 2. The molecular weight excluding hydrogens is 376 g/mol. The van der Waals surface area contributed by atoms with Crippen LogP contribution in [0.25, 0.3) is 11.0 Å². The molecule has 8 heteroatoms. The van der Waals surface area contributed by atoms with Crippen molar-refractivity contribution in [2.45, 2.75) is 11.7 Å². The Bertz CT molecular complexity index is 963. The van der Waals surface area contributed by atoms with E-state index in [9.17, 15) is 13.6 Å². The third kappa shape index (κ3) is 3.43. The predicted molar refractivity (Wildman–Crippen MR) is 99.5 cm³/mol. The van der Waals surface area contributed by atoms with Crippen LogP contribution < -0.4 is 0 Å². The Morgan fingerprint density at radius 1 is 1.08 bits per heavy atom. The molecule has 0 saturated carbocycles. The maximum Gasteiger partial charge on any atom is 0.253 e. The van der Waals surface area contributed by atoms with Crippen molar-refractivity contribution in [3.8, 4) is 0 Å². The fraction of sp³-hybridized carbons (Fsp3) is 0.278. The molecular formula is C18H15F2N3OS2. The number of benzene rings is 2. The Hall–Kier alpha value is -2.06. The van der Waals surface area contributed by atoms with Crippen molar-refractivity contribution < 1.29 is 13.6 Å². The number of thioether (sulfide) groups is 1. The molecule has 1 aliphatic rings. The molecule has 0 radical (unpaired) electrons. The van der Waals surface area contributed by atoms with Gasteiger partial charge in [0.1, 0.15) is 22.7 Å². The average molecular weight is 391 g/mol. The molecule has 1 amide bonds. The van der Waals surface area contributed by atoms with Crippen LogP contribution in [0, 0.1) is 11.6 Å². The maximum atomic E-state index is 14.1. The molecule has 0 aliphatic carbocycles. The summed E-state index contributed by atoms with van der Waals surface area (Å²) >= 11 is 2.68. The number of hydrogen-bond acceptors (Lipinski definition) is 5. The van der Waals surface area contributed by atoms with E-state index in [0.29, 0.717) is 41.9 Å². The molecule has 2 heterocycles. The lowest BCUT2D eigenvalue weighted by Gasteiger charge is -2.20. The van der Waals surface area contributed by atoms with Gasteiger partial charge in [0.05, 0.1) is 11.7 Å². The minimum atomic E-state index is -0.440. The standard InChI is InChI=1S/C18H15F2N3OS2/c19-12-2-3-14(20)13(10-12)17-5-6-23(7-8-25-17)18(24)11-1-4-15-16(9-11)22-26-21-15/h1-4,9-10,17H,5-8H2. The predicted octanol–water partition coefficient (Wildman–Crippen LogP) is 4.29. The van der Waals surface area contributed by atoms with Crippen molar-refractivity contribution >= 4 is 40.4 Å². The van der Waals surface area contributed by atoms with E-state index in [2.05, 4.69) is 8.75 Å². The van der Waals surface area contributed by atoms with Gasteiger partial charge in [0.15, 0.2) is 0 Å². The SMILES string of the molecule is O=C(c1ccc2nsnc2c1)N1CCSC(c2cc(F)ccc2F)CC1. The molecule has 0 spiro atoms. The lowest BCUT2D eigenvalue weighted by Crippen LogP contribution is -2.32. The minimum absolute atomic E-state index is 0.0686. The molecule has 26 heavy (non-hydrogen) atoms. The number of carbonyl (C=O) groups is 1. The van der Waals surface area contributed by atoms with Gasteiger partial charge in [-0.1, -0.05) is 0 Å². The summed E-state index contributed by atoms with van der Waals surface area (Å²) in [5, 5.41) is -0.159. The van der Waals surface area contributed by atoms with E-state index >= 15 is 0 Å². The summed E-state index contributed by atoms with van der Waals surface area (Å²) in [5.41, 5.74) is 2.44. The zero-order chi connectivity index (χ0) is 18.1. The molecule has 1 aromatic heterocycles. The van der Waals surface area contributed by atoms with E-state index in [-0.39, 0.29) is 11.2 Å². The largest absolute Gasteiger partial charge is 0.338 e. The van der Waals surface area contributed by atoms with Crippen LogP contribution in [0.5, 0.6) is 0 Å². The van der Waals surface area contributed by atoms with E-state index in [0.717, 1.165) is 29.4 Å². The number of rotatable bonds is 2. The van der Waals surface area contributed by atoms with Crippen LogP contribution in [0.15, 0.2) is 36.4 Å². The number of fused-ring (bicyclic) bond motifs is 1. The number of carbonyl (C=O) groups excluding carboxylic acids is 1. The quantitative estimate of drug-likeness (QED) is 0.654. The van der Waals surface area contributed by atoms with E-state index < -0.39 is 11.6 Å². The van der Waals surface area contributed by atoms with E-state index in [4.69, 9.17) is 0 Å². The zero-order valence-corrected chi connectivity index (χ0v) is 15.3. The van der Waals surface area contributed by atoms with Gasteiger partial charge in [0.2, 0.25) is 0 Å². The maximum absolute atomic E-state index is 14.1. The number of nitrogens with zero attached hydrogens (tertiary/aromatic N) is 3. The second kappa shape index (κ2) is 7.28. The van der Waals surface area contributed by atoms with Gasteiger partial charge in [-0.05, 0) is 42.8 Å². The van der Waals surface area contributed by atoms with Gasteiger partial charge in [0, 0.05) is 35.2 Å². The molecule has 4 nitrogen and oxygen atoms in total. The Morgan fingerprint density at radius 3 is 2.81 bits per heavy atom. The van der Waals surface area contributed by atoms with Crippen LogP contribution >= 0.6 is 23.5 Å². The van der Waals surface area contributed by atoms with Gasteiger partial charge < -0.3 is 4.90 Å². The highest BCUT2D eigenvalue weighted by Gasteiger charge is 2.25. The first-order valence-electron chi connectivity index (χ1n) is 8.20. The zero-order valence-electron chi connectivity index (χ0n) is 13.7. The van der Waals surface area contributed by atoms with Gasteiger partial charge in [0.25, 0.3) is 5.91 Å². The first-order valence-corrected chi connectivity index (χ1v) is 9.98. The van der Waals surface area contributed by atoms with E-state index in [1.54, 1.807) is 34.9 Å². The number of aromatic nitrogens is 2. The molecule has 3 aromatic rings. The molecule has 1 unspecified atom stereocenters. The van der Waals surface area contributed by atoms with Crippen LogP contribution in [0.4, 0.5) is 8.78 Å². The van der Waals surface area contributed by atoms with Gasteiger partial charge in [-0.15, -0.1) is 0 Å². The van der Waals surface area contributed by atoms with Gasteiger partial charge >= 0.3 is 0 Å². The van der Waals surface area contributed by atoms with Crippen molar-refractivity contribution in [3.63, 3.8) is 0 Å². The lowest BCUT2D eigenvalue weighted by molar-refractivity contribution is 0.0766. The molecule has 1 saturated heterocycles. The second-order valence-electron chi connectivity index (χ2n) is 6.07. The summed E-state index contributed by atoms with van der Waals surface area (Å²) in [6, 6.07) is 8.85. The van der Waals surface area contributed by atoms with Crippen molar-refractivity contribution in [2.75, 3.05) is 18.8 Å². The van der Waals surface area contributed by atoms with Crippen molar-refractivity contribution in [2.24, 2.45) is 0 Å². The van der Waals surface area contributed by atoms with Crippen LogP contribution in [0.3, 0.4) is 0 Å². The van der Waals surface area contributed by atoms with Gasteiger partial charge in [-0.25, -0.2) is 8.78 Å². The molecule has 0 bridgehead atoms. The highest BCUT2D eigenvalue weighted by Crippen LogP contribution is 2.36. The monoisotopic (exact) mass is 391 g/mol. The Balaban J connectivity index is 1.51. The minimum Gasteiger partial charge on any atom is -0.338 e. The number of hydrogen-bond donors (Lipinski definition) is 0. The van der Waals surface area contributed by atoms with Crippen LogP contribution in [0.1, 0.15) is 27.6 Å². The van der Waals surface area contributed by atoms with Crippen molar-refractivity contribution in [1.82, 2.24) is 13.6 Å². The topological polar surface area (TPSA) is 46.1 Å². The summed E-state index contributed by atoms with van der Waals surface area (Å²) in [6.07, 6.45) is 0.581. The molecule has 0 N–H and O–H groups in total. The first-order chi connectivity index (χ1) is 12.6. The molecule has 1 aliphatic heterocycles. The van der Waals surface area contributed by atoms with Crippen molar-refractivity contribution in [3.05, 3.63) is 59.2 Å². The summed E-state index contributed by atoms with van der Waals surface area (Å²) in [4.78, 5) is 14.6. The summed E-state index contributed by atoms with van der Waals surface area (Å²) in [5.74, 6) is -0.234. The Kier molecular flexibility index (Phi) is 4.86. The normalized spacial score (nSPS) is 18.1. The van der Waals surface area contributed by atoms with Gasteiger partial charge in [-0.2, -0.15) is 20.5 Å². The molecule has 2 aromatic carbocycles. The average Bonchev–Trinajstić information content (AvgIpc) is 2.98. The van der Waals surface area contributed by atoms with E-state index in [1.165, 1.54) is 6.07 Å². The highest BCUT2D eigenvalue weighted by molar-refractivity contribution is 7.99. The summed E-state index contributed by atoms with van der Waals surface area (Å²) in [6.45, 7) is 1.07. The summed E-state index contributed by atoms with van der Waals surface area (Å²) < 4.78 is 35.8. The third-order valence-electron chi connectivity index (χ3n) is 4.43. The number of amides is 1. The molecule has 1 atom stereocenters. The van der Waals surface area contributed by atoms with E-state index in [1.807, 2.05) is 0 Å². The fourth-order valence-corrected chi connectivity index (χ4v) is 4.84. The Morgan fingerprint density at radius 2 is 1.92 bits per heavy atom. The lowest BCUT2D eigenvalue weighted by atomic mass is 10.1. The molecule has 134 valence electrons. The molecule has 4 rings (SSSR count). The Labute approximate surface area is 157 Å². The van der Waals surface area contributed by atoms with Gasteiger partial charge in [-0.3, -0.25) is 4.79 Å². The second-order valence-corrected chi connectivity index (χ2v) is 7.91. The fourth-order valence-electron chi connectivity index (χ4n) is 3.08. The third-order valence-corrected chi connectivity index (χ3v) is 6.30. The van der Waals surface area contributed by atoms with Crippen LogP contribution in [-0.2, 0) is 0 Å². The smallest absolute Gasteiger partial charge is 0.253 e. The van der Waals surface area contributed by atoms with Crippen LogP contribution in [0.2, 0.25) is 0 Å².